The zero-order chi connectivity index (χ0) is 18.0. The molecule has 0 aliphatic carbocycles. The maximum atomic E-state index is 12.9. The smallest absolute Gasteiger partial charge is 0.254 e. The van der Waals surface area contributed by atoms with Crippen molar-refractivity contribution >= 4 is 15.9 Å². The number of sulfonamides is 1. The fraction of sp³-hybridized carbons (Fsp3) is 0.588. The normalized spacial score (nSPS) is 22.6. The third-order valence-electron chi connectivity index (χ3n) is 4.79. The summed E-state index contributed by atoms with van der Waals surface area (Å²) in [6, 6.07) is 6.17. The van der Waals surface area contributed by atoms with Crippen LogP contribution >= 0.6 is 0 Å². The number of aliphatic hydroxyl groups is 1. The first kappa shape index (κ1) is 18.3. The van der Waals surface area contributed by atoms with Crippen molar-refractivity contribution in [3.05, 3.63) is 29.8 Å². The Hall–Kier alpha value is -1.48. The molecule has 2 fully saturated rings. The standard InChI is InChI=1S/C17H24N2O5S/c1-24-12-14-6-2-3-8-19(14)17(21)13-5-4-7-16(9-13)25(22,23)18-10-15(20)11-18/h4-5,7,9,14-15,20H,2-3,6,8,10-12H2,1H3/t14-/m0/s1. The van der Waals surface area contributed by atoms with Crippen LogP contribution in [-0.2, 0) is 14.8 Å². The van der Waals surface area contributed by atoms with Crippen molar-refractivity contribution in [1.29, 1.82) is 0 Å². The summed E-state index contributed by atoms with van der Waals surface area (Å²) >= 11 is 0. The highest BCUT2D eigenvalue weighted by molar-refractivity contribution is 7.89. The molecule has 8 heteroatoms. The van der Waals surface area contributed by atoms with Gasteiger partial charge < -0.3 is 14.7 Å². The molecule has 0 saturated carbocycles. The largest absolute Gasteiger partial charge is 0.390 e. The number of amides is 1. The van der Waals surface area contributed by atoms with Gasteiger partial charge >= 0.3 is 0 Å². The van der Waals surface area contributed by atoms with E-state index in [1.807, 2.05) is 0 Å². The highest BCUT2D eigenvalue weighted by Gasteiger charge is 2.36. The van der Waals surface area contributed by atoms with Crippen LogP contribution in [0.3, 0.4) is 0 Å². The number of likely N-dealkylation sites (tertiary alicyclic amines) is 1. The molecular formula is C17H24N2O5S. The molecule has 0 aromatic heterocycles. The van der Waals surface area contributed by atoms with E-state index in [4.69, 9.17) is 4.74 Å². The monoisotopic (exact) mass is 368 g/mol. The zero-order valence-corrected chi connectivity index (χ0v) is 15.1. The van der Waals surface area contributed by atoms with E-state index in [2.05, 4.69) is 0 Å². The van der Waals surface area contributed by atoms with Gasteiger partial charge in [0.15, 0.2) is 0 Å². The molecule has 3 rings (SSSR count). The van der Waals surface area contributed by atoms with Crippen molar-refractivity contribution in [2.75, 3.05) is 33.4 Å². The van der Waals surface area contributed by atoms with Gasteiger partial charge in [-0.2, -0.15) is 4.31 Å². The quantitative estimate of drug-likeness (QED) is 0.826. The van der Waals surface area contributed by atoms with Crippen LogP contribution in [0.4, 0.5) is 0 Å². The van der Waals surface area contributed by atoms with Gasteiger partial charge in [-0.25, -0.2) is 8.42 Å². The van der Waals surface area contributed by atoms with Crippen LogP contribution in [0.2, 0.25) is 0 Å². The van der Waals surface area contributed by atoms with Crippen LogP contribution in [0.5, 0.6) is 0 Å². The van der Waals surface area contributed by atoms with Crippen LogP contribution in [0, 0.1) is 0 Å². The van der Waals surface area contributed by atoms with Gasteiger partial charge in [0.25, 0.3) is 5.91 Å². The fourth-order valence-corrected chi connectivity index (χ4v) is 4.91. The molecule has 0 unspecified atom stereocenters. The number of benzene rings is 1. The van der Waals surface area contributed by atoms with E-state index in [1.165, 1.54) is 16.4 Å². The van der Waals surface area contributed by atoms with Crippen LogP contribution in [0.15, 0.2) is 29.2 Å². The SMILES string of the molecule is COC[C@@H]1CCCCN1C(=O)c1cccc(S(=O)(=O)N2CC(O)C2)c1. The van der Waals surface area contributed by atoms with Crippen LogP contribution in [0.25, 0.3) is 0 Å². The summed E-state index contributed by atoms with van der Waals surface area (Å²) in [6.07, 6.45) is 2.28. The molecule has 1 aromatic carbocycles. The Morgan fingerprint density at radius 2 is 2.08 bits per heavy atom. The summed E-state index contributed by atoms with van der Waals surface area (Å²) in [4.78, 5) is 14.8. The summed E-state index contributed by atoms with van der Waals surface area (Å²) in [6.45, 7) is 1.34. The molecular weight excluding hydrogens is 344 g/mol. The van der Waals surface area contributed by atoms with E-state index in [-0.39, 0.29) is 29.9 Å². The molecule has 1 aromatic rings. The van der Waals surface area contributed by atoms with Crippen LogP contribution in [0.1, 0.15) is 29.6 Å². The number of hydrogen-bond donors (Lipinski definition) is 1. The third-order valence-corrected chi connectivity index (χ3v) is 6.62. The van der Waals surface area contributed by atoms with Gasteiger partial charge in [0.1, 0.15) is 0 Å². The average molecular weight is 368 g/mol. The minimum atomic E-state index is -3.67. The summed E-state index contributed by atoms with van der Waals surface area (Å²) in [7, 11) is -2.05. The highest BCUT2D eigenvalue weighted by atomic mass is 32.2. The maximum Gasteiger partial charge on any atom is 0.254 e. The molecule has 1 amide bonds. The van der Waals surface area contributed by atoms with Gasteiger partial charge in [0.05, 0.1) is 23.6 Å². The second kappa shape index (κ2) is 7.41. The summed E-state index contributed by atoms with van der Waals surface area (Å²) < 4.78 is 31.5. The highest BCUT2D eigenvalue weighted by Crippen LogP contribution is 2.24. The van der Waals surface area contributed by atoms with Crippen molar-refractivity contribution in [2.24, 2.45) is 0 Å². The van der Waals surface area contributed by atoms with Crippen molar-refractivity contribution in [3.8, 4) is 0 Å². The number of nitrogens with zero attached hydrogens (tertiary/aromatic N) is 2. The molecule has 0 bridgehead atoms. The minimum Gasteiger partial charge on any atom is -0.390 e. The van der Waals surface area contributed by atoms with Gasteiger partial charge in [0.2, 0.25) is 10.0 Å². The third kappa shape index (κ3) is 3.72. The average Bonchev–Trinajstić information content (AvgIpc) is 2.59. The summed E-state index contributed by atoms with van der Waals surface area (Å²) in [5.74, 6) is -0.164. The van der Waals surface area contributed by atoms with Crippen molar-refractivity contribution in [3.63, 3.8) is 0 Å². The molecule has 1 N–H and O–H groups in total. The second-order valence-electron chi connectivity index (χ2n) is 6.61. The number of aliphatic hydroxyl groups excluding tert-OH is 1. The first-order chi connectivity index (χ1) is 11.9. The maximum absolute atomic E-state index is 12.9. The van der Waals surface area contributed by atoms with E-state index in [9.17, 15) is 18.3 Å². The molecule has 2 aliphatic heterocycles. The first-order valence-electron chi connectivity index (χ1n) is 8.51. The molecule has 0 radical (unpaired) electrons. The Kier molecular flexibility index (Phi) is 5.43. The molecule has 2 aliphatic rings. The Morgan fingerprint density at radius 1 is 1.32 bits per heavy atom. The van der Waals surface area contributed by atoms with E-state index in [0.29, 0.717) is 18.7 Å². The summed E-state index contributed by atoms with van der Waals surface area (Å²) in [5.41, 5.74) is 0.366. The number of carbonyl (C=O) groups is 1. The number of carbonyl (C=O) groups excluding carboxylic acids is 1. The molecule has 2 heterocycles. The van der Waals surface area contributed by atoms with E-state index in [0.717, 1.165) is 19.3 Å². The molecule has 138 valence electrons. The Bertz CT molecular complexity index is 728. The van der Waals surface area contributed by atoms with Crippen molar-refractivity contribution < 1.29 is 23.1 Å². The lowest BCUT2D eigenvalue weighted by molar-refractivity contribution is 0.0427. The Labute approximate surface area is 148 Å². The number of hydrogen-bond acceptors (Lipinski definition) is 5. The topological polar surface area (TPSA) is 87.2 Å². The predicted molar refractivity (Wildman–Crippen MR) is 91.8 cm³/mol. The zero-order valence-electron chi connectivity index (χ0n) is 14.3. The van der Waals surface area contributed by atoms with E-state index < -0.39 is 16.1 Å². The van der Waals surface area contributed by atoms with E-state index >= 15 is 0 Å². The van der Waals surface area contributed by atoms with Gasteiger partial charge in [-0.15, -0.1) is 0 Å². The number of β-amino-alcohol motifs (C(OH)–C–C–N with tert-alkyl or cyclic N) is 1. The second-order valence-corrected chi connectivity index (χ2v) is 8.55. The van der Waals surface area contributed by atoms with Crippen molar-refractivity contribution in [2.45, 2.75) is 36.3 Å². The van der Waals surface area contributed by atoms with Crippen LogP contribution < -0.4 is 0 Å². The number of methoxy groups -OCH3 is 1. The molecule has 7 nitrogen and oxygen atoms in total. The van der Waals surface area contributed by atoms with Crippen molar-refractivity contribution in [1.82, 2.24) is 9.21 Å². The van der Waals surface area contributed by atoms with Gasteiger partial charge in [-0.1, -0.05) is 6.07 Å². The molecule has 2 saturated heterocycles. The first-order valence-corrected chi connectivity index (χ1v) is 9.95. The molecule has 1 atom stereocenters. The number of piperidine rings is 1. The van der Waals surface area contributed by atoms with Gasteiger partial charge in [0, 0.05) is 32.3 Å². The van der Waals surface area contributed by atoms with Gasteiger partial charge in [-0.05, 0) is 37.5 Å². The summed E-state index contributed by atoms with van der Waals surface area (Å²) in [5, 5.41) is 9.34. The molecule has 25 heavy (non-hydrogen) atoms. The van der Waals surface area contributed by atoms with Gasteiger partial charge in [-0.3, -0.25) is 4.79 Å². The Balaban J connectivity index is 1.82. The predicted octanol–water partition coefficient (Wildman–Crippen LogP) is 0.693. The number of rotatable bonds is 5. The lowest BCUT2D eigenvalue weighted by Crippen LogP contribution is -2.53. The minimum absolute atomic E-state index is 0.0250. The van der Waals surface area contributed by atoms with E-state index in [1.54, 1.807) is 24.1 Å². The molecule has 0 spiro atoms. The Morgan fingerprint density at radius 3 is 2.76 bits per heavy atom. The van der Waals surface area contributed by atoms with Crippen LogP contribution in [-0.4, -0.2) is 74.1 Å². The fourth-order valence-electron chi connectivity index (χ4n) is 3.35. The lowest BCUT2D eigenvalue weighted by Gasteiger charge is -2.36. The lowest BCUT2D eigenvalue weighted by atomic mass is 10.0. The number of ether oxygens (including phenoxy) is 1.